The van der Waals surface area contributed by atoms with E-state index in [-0.39, 0.29) is 17.0 Å². The van der Waals surface area contributed by atoms with Crippen molar-refractivity contribution in [2.24, 2.45) is 0 Å². The summed E-state index contributed by atoms with van der Waals surface area (Å²) in [6.45, 7) is 1.28. The largest absolute Gasteiger partial charge is 0.456 e. The van der Waals surface area contributed by atoms with Crippen LogP contribution in [0.4, 0.5) is 5.69 Å². The third-order valence-corrected chi connectivity index (χ3v) is 3.78. The van der Waals surface area contributed by atoms with Crippen molar-refractivity contribution in [3.05, 3.63) is 61.0 Å². The van der Waals surface area contributed by atoms with Crippen molar-refractivity contribution in [1.29, 1.82) is 0 Å². The monoisotopic (exact) mass is 413 g/mol. The molecule has 2 aromatic carbocycles. The van der Waals surface area contributed by atoms with Crippen LogP contribution in [-0.4, -0.2) is 10.7 Å². The van der Waals surface area contributed by atoms with Crippen LogP contribution in [0.2, 0.25) is 0 Å². The van der Waals surface area contributed by atoms with E-state index in [1.54, 1.807) is 12.1 Å². The summed E-state index contributed by atoms with van der Waals surface area (Å²) in [6.07, 6.45) is 0. The number of nitrogens with zero attached hydrogens (tertiary/aromatic N) is 1. The average Bonchev–Trinajstić information content (AvgIpc) is 2.41. The molecule has 0 unspecified atom stereocenters. The molecule has 0 radical (unpaired) electrons. The first-order chi connectivity index (χ1) is 9.88. The molecule has 7 heteroatoms. The summed E-state index contributed by atoms with van der Waals surface area (Å²) >= 11 is 6.69. The molecule has 0 amide bonds. The van der Waals surface area contributed by atoms with Gasteiger partial charge in [-0.15, -0.1) is 0 Å². The van der Waals surface area contributed by atoms with Gasteiger partial charge in [-0.3, -0.25) is 14.9 Å². The van der Waals surface area contributed by atoms with E-state index in [1.807, 2.05) is 6.07 Å². The number of halogens is 2. The Hall–Kier alpha value is -1.73. The summed E-state index contributed by atoms with van der Waals surface area (Å²) < 4.78 is 7.25. The van der Waals surface area contributed by atoms with Gasteiger partial charge in [0.1, 0.15) is 11.5 Å². The second-order valence-electron chi connectivity index (χ2n) is 4.17. The van der Waals surface area contributed by atoms with Crippen molar-refractivity contribution in [3.8, 4) is 11.5 Å². The number of hydrogen-bond donors (Lipinski definition) is 0. The Morgan fingerprint density at radius 3 is 2.48 bits per heavy atom. The average molecular weight is 415 g/mol. The second kappa shape index (κ2) is 6.36. The van der Waals surface area contributed by atoms with Gasteiger partial charge >= 0.3 is 0 Å². The number of hydrogen-bond acceptors (Lipinski definition) is 4. The normalized spacial score (nSPS) is 10.2. The molecule has 21 heavy (non-hydrogen) atoms. The van der Waals surface area contributed by atoms with Crippen LogP contribution < -0.4 is 4.74 Å². The van der Waals surface area contributed by atoms with Gasteiger partial charge in [-0.05, 0) is 53.2 Å². The van der Waals surface area contributed by atoms with Gasteiger partial charge in [0.15, 0.2) is 5.78 Å². The third kappa shape index (κ3) is 3.68. The first-order valence-corrected chi connectivity index (χ1v) is 7.39. The Morgan fingerprint density at radius 1 is 1.19 bits per heavy atom. The number of ether oxygens (including phenoxy) is 1. The fourth-order valence-corrected chi connectivity index (χ4v) is 2.83. The zero-order valence-electron chi connectivity index (χ0n) is 10.8. The first-order valence-electron chi connectivity index (χ1n) is 5.81. The van der Waals surface area contributed by atoms with E-state index in [9.17, 15) is 14.9 Å². The third-order valence-electron chi connectivity index (χ3n) is 2.67. The smallest absolute Gasteiger partial charge is 0.280 e. The molecule has 0 aromatic heterocycles. The van der Waals surface area contributed by atoms with Crippen LogP contribution in [0.15, 0.2) is 45.3 Å². The van der Waals surface area contributed by atoms with Gasteiger partial charge in [0, 0.05) is 10.5 Å². The van der Waals surface area contributed by atoms with Gasteiger partial charge in [0.25, 0.3) is 5.69 Å². The lowest BCUT2D eigenvalue weighted by Crippen LogP contribution is -2.00. The molecular weight excluding hydrogens is 406 g/mol. The van der Waals surface area contributed by atoms with Gasteiger partial charge in [-0.2, -0.15) is 0 Å². The Kier molecular flexibility index (Phi) is 4.74. The predicted octanol–water partition coefficient (Wildman–Crippen LogP) is 5.11. The minimum atomic E-state index is -0.587. The summed E-state index contributed by atoms with van der Waals surface area (Å²) in [6, 6.07) is 9.44. The molecule has 0 aliphatic rings. The van der Waals surface area contributed by atoms with Crippen LogP contribution in [0.25, 0.3) is 0 Å². The summed E-state index contributed by atoms with van der Waals surface area (Å²) in [7, 11) is 0. The van der Waals surface area contributed by atoms with Crippen LogP contribution in [0.3, 0.4) is 0 Å². The highest BCUT2D eigenvalue weighted by molar-refractivity contribution is 9.11. The second-order valence-corrected chi connectivity index (χ2v) is 5.94. The number of carbonyl (C=O) groups excluding carboxylic acids is 1. The molecule has 5 nitrogen and oxygen atoms in total. The molecule has 0 fully saturated rings. The molecule has 0 saturated carbocycles. The Bertz CT molecular complexity index is 731. The van der Waals surface area contributed by atoms with E-state index in [0.29, 0.717) is 11.5 Å². The number of ketones is 1. The number of nitro benzene ring substituents is 1. The van der Waals surface area contributed by atoms with Crippen molar-refractivity contribution in [3.63, 3.8) is 0 Å². The van der Waals surface area contributed by atoms with Crippen LogP contribution in [0.5, 0.6) is 11.5 Å². The van der Waals surface area contributed by atoms with Gasteiger partial charge in [0.05, 0.1) is 15.0 Å². The highest BCUT2D eigenvalue weighted by Crippen LogP contribution is 2.33. The van der Waals surface area contributed by atoms with E-state index < -0.39 is 4.92 Å². The first kappa shape index (κ1) is 15.7. The zero-order valence-corrected chi connectivity index (χ0v) is 14.0. The molecule has 0 atom stereocenters. The SMILES string of the molecule is CC(=O)c1cc(Oc2ccc(Br)cc2Br)ccc1[N+](=O)[O-]. The minimum absolute atomic E-state index is 0.0192. The molecule has 0 aliphatic heterocycles. The number of Topliss-reactive ketones (excluding diaryl/α,β-unsaturated/α-hetero) is 1. The van der Waals surface area contributed by atoms with Crippen molar-refractivity contribution in [2.45, 2.75) is 6.92 Å². The molecule has 0 heterocycles. The maximum atomic E-state index is 11.5. The Balaban J connectivity index is 2.39. The van der Waals surface area contributed by atoms with Gasteiger partial charge in [-0.25, -0.2) is 0 Å². The summed E-state index contributed by atoms with van der Waals surface area (Å²) in [5.74, 6) is 0.511. The van der Waals surface area contributed by atoms with E-state index in [4.69, 9.17) is 4.74 Å². The molecule has 0 bridgehead atoms. The lowest BCUT2D eigenvalue weighted by molar-refractivity contribution is -0.385. The van der Waals surface area contributed by atoms with Crippen molar-refractivity contribution in [2.75, 3.05) is 0 Å². The molecule has 0 N–H and O–H groups in total. The number of carbonyl (C=O) groups is 1. The molecule has 0 saturated heterocycles. The van der Waals surface area contributed by atoms with Crippen molar-refractivity contribution >= 4 is 43.3 Å². The number of rotatable bonds is 4. The van der Waals surface area contributed by atoms with E-state index in [1.165, 1.54) is 25.1 Å². The highest BCUT2D eigenvalue weighted by Gasteiger charge is 2.18. The Morgan fingerprint density at radius 2 is 1.90 bits per heavy atom. The standard InChI is InChI=1S/C14H9Br2NO4/c1-8(18)11-7-10(3-4-13(11)17(19)20)21-14-5-2-9(15)6-12(14)16/h2-7H,1H3. The van der Waals surface area contributed by atoms with E-state index in [0.717, 1.165) is 8.95 Å². The van der Waals surface area contributed by atoms with E-state index in [2.05, 4.69) is 31.9 Å². The fraction of sp³-hybridized carbons (Fsp3) is 0.0714. The van der Waals surface area contributed by atoms with Crippen LogP contribution in [0.1, 0.15) is 17.3 Å². The molecule has 0 aliphatic carbocycles. The lowest BCUT2D eigenvalue weighted by atomic mass is 10.1. The number of nitro groups is 1. The number of benzene rings is 2. The molecular formula is C14H9Br2NO4. The molecule has 2 rings (SSSR count). The fourth-order valence-electron chi connectivity index (χ4n) is 1.70. The predicted molar refractivity (Wildman–Crippen MR) is 85.0 cm³/mol. The minimum Gasteiger partial charge on any atom is -0.456 e. The zero-order chi connectivity index (χ0) is 15.6. The maximum Gasteiger partial charge on any atom is 0.280 e. The summed E-state index contributed by atoms with van der Waals surface area (Å²) in [5.41, 5.74) is -0.213. The van der Waals surface area contributed by atoms with Crippen LogP contribution in [-0.2, 0) is 0 Å². The van der Waals surface area contributed by atoms with Gasteiger partial charge in [0.2, 0.25) is 0 Å². The maximum absolute atomic E-state index is 11.5. The topological polar surface area (TPSA) is 69.4 Å². The molecule has 2 aromatic rings. The Labute approximate surface area is 137 Å². The molecule has 0 spiro atoms. The van der Waals surface area contributed by atoms with Gasteiger partial charge in [-0.1, -0.05) is 15.9 Å². The quantitative estimate of drug-likeness (QED) is 0.395. The van der Waals surface area contributed by atoms with E-state index >= 15 is 0 Å². The van der Waals surface area contributed by atoms with Crippen LogP contribution in [0, 0.1) is 10.1 Å². The van der Waals surface area contributed by atoms with Gasteiger partial charge < -0.3 is 4.74 Å². The summed E-state index contributed by atoms with van der Waals surface area (Å²) in [4.78, 5) is 21.8. The van der Waals surface area contributed by atoms with Crippen molar-refractivity contribution in [1.82, 2.24) is 0 Å². The van der Waals surface area contributed by atoms with Crippen LogP contribution >= 0.6 is 31.9 Å². The highest BCUT2D eigenvalue weighted by atomic mass is 79.9. The lowest BCUT2D eigenvalue weighted by Gasteiger charge is -2.09. The molecule has 108 valence electrons. The van der Waals surface area contributed by atoms with Crippen molar-refractivity contribution < 1.29 is 14.5 Å². The summed E-state index contributed by atoms with van der Waals surface area (Å²) in [5, 5.41) is 10.9.